The van der Waals surface area contributed by atoms with E-state index >= 15 is 0 Å². The molecular weight excluding hydrogens is 312 g/mol. The maximum absolute atomic E-state index is 4.60. The van der Waals surface area contributed by atoms with Gasteiger partial charge in [0.25, 0.3) is 0 Å². The predicted molar refractivity (Wildman–Crippen MR) is 94.6 cm³/mol. The number of aryl methyl sites for hydroxylation is 2. The Morgan fingerprint density at radius 2 is 2.00 bits per heavy atom. The summed E-state index contributed by atoms with van der Waals surface area (Å²) >= 11 is 3.41. The molecule has 3 aromatic rings. The number of hydrogen-bond donors (Lipinski definition) is 1. The first-order valence-electron chi connectivity index (χ1n) is 7.00. The number of nitrogens with one attached hydrogen (secondary N) is 1. The second-order valence-corrected chi connectivity index (χ2v) is 6.89. The number of thiazole rings is 1. The third kappa shape index (κ3) is 3.34. The Balaban J connectivity index is 1.70. The number of benzene rings is 1. The molecule has 0 saturated carbocycles. The van der Waals surface area contributed by atoms with E-state index in [1.54, 1.807) is 23.1 Å². The van der Waals surface area contributed by atoms with Crippen LogP contribution in [0, 0.1) is 6.92 Å². The Bertz CT molecular complexity index is 759. The summed E-state index contributed by atoms with van der Waals surface area (Å²) in [5, 5.41) is 8.79. The molecule has 1 N–H and O–H groups in total. The van der Waals surface area contributed by atoms with Crippen LogP contribution < -0.4 is 5.32 Å². The van der Waals surface area contributed by atoms with Gasteiger partial charge in [-0.15, -0.1) is 11.8 Å². The first-order valence-corrected chi connectivity index (χ1v) is 9.04. The first-order chi connectivity index (χ1) is 10.7. The van der Waals surface area contributed by atoms with E-state index in [0.29, 0.717) is 0 Å². The van der Waals surface area contributed by atoms with Gasteiger partial charge in [0.15, 0.2) is 5.13 Å². The lowest BCUT2D eigenvalue weighted by Gasteiger charge is -2.03. The number of thioether (sulfide) groups is 1. The molecular formula is C16H18N4S2. The second-order valence-electron chi connectivity index (χ2n) is 5.01. The van der Waals surface area contributed by atoms with Gasteiger partial charge in [0.2, 0.25) is 0 Å². The topological polar surface area (TPSA) is 42.7 Å². The minimum absolute atomic E-state index is 0.781. The molecule has 4 nitrogen and oxygen atoms in total. The van der Waals surface area contributed by atoms with Gasteiger partial charge in [-0.2, -0.15) is 5.10 Å². The van der Waals surface area contributed by atoms with Gasteiger partial charge >= 0.3 is 0 Å². The van der Waals surface area contributed by atoms with Gasteiger partial charge in [-0.05, 0) is 36.9 Å². The molecule has 0 aliphatic carbocycles. The first kappa shape index (κ1) is 15.1. The van der Waals surface area contributed by atoms with E-state index in [1.807, 2.05) is 30.9 Å². The van der Waals surface area contributed by atoms with Crippen LogP contribution in [0.4, 0.5) is 5.13 Å². The van der Waals surface area contributed by atoms with Crippen molar-refractivity contribution in [2.45, 2.75) is 18.4 Å². The third-order valence-electron chi connectivity index (χ3n) is 3.35. The number of rotatable bonds is 5. The molecule has 6 heteroatoms. The highest BCUT2D eigenvalue weighted by atomic mass is 32.2. The molecule has 3 rings (SSSR count). The fourth-order valence-electron chi connectivity index (χ4n) is 2.17. The van der Waals surface area contributed by atoms with Crippen molar-refractivity contribution in [3.63, 3.8) is 0 Å². The maximum Gasteiger partial charge on any atom is 0.183 e. The van der Waals surface area contributed by atoms with Crippen LogP contribution >= 0.6 is 23.1 Å². The van der Waals surface area contributed by atoms with Gasteiger partial charge < -0.3 is 5.32 Å². The van der Waals surface area contributed by atoms with Gasteiger partial charge in [0, 0.05) is 24.7 Å². The van der Waals surface area contributed by atoms with E-state index in [9.17, 15) is 0 Å². The standard InChI is InChI=1S/C16H18N4S2/c1-11-15(14-8-9-20(2)19-14)22-16(18-11)17-10-12-4-6-13(21-3)7-5-12/h4-9H,10H2,1-3H3,(H,17,18). The molecule has 0 saturated heterocycles. The highest BCUT2D eigenvalue weighted by Gasteiger charge is 2.11. The summed E-state index contributed by atoms with van der Waals surface area (Å²) in [6, 6.07) is 10.6. The van der Waals surface area contributed by atoms with Crippen molar-refractivity contribution in [3.8, 4) is 10.6 Å². The summed E-state index contributed by atoms with van der Waals surface area (Å²) in [6.07, 6.45) is 4.04. The number of aromatic nitrogens is 3. The van der Waals surface area contributed by atoms with Crippen LogP contribution in [0.15, 0.2) is 41.4 Å². The van der Waals surface area contributed by atoms with Crippen molar-refractivity contribution in [2.24, 2.45) is 7.05 Å². The monoisotopic (exact) mass is 330 g/mol. The number of hydrogen-bond acceptors (Lipinski definition) is 5. The van der Waals surface area contributed by atoms with Crippen molar-refractivity contribution in [3.05, 3.63) is 47.8 Å². The SMILES string of the molecule is CSc1ccc(CNc2nc(C)c(-c3ccn(C)n3)s2)cc1. The van der Waals surface area contributed by atoms with Crippen molar-refractivity contribution < 1.29 is 0 Å². The van der Waals surface area contributed by atoms with E-state index in [1.165, 1.54) is 10.5 Å². The van der Waals surface area contributed by atoms with Crippen LogP contribution in [0.1, 0.15) is 11.3 Å². The number of nitrogens with zero attached hydrogens (tertiary/aromatic N) is 3. The molecule has 0 aliphatic heterocycles. The van der Waals surface area contributed by atoms with Gasteiger partial charge in [0.05, 0.1) is 10.6 Å². The van der Waals surface area contributed by atoms with Gasteiger partial charge in [-0.3, -0.25) is 4.68 Å². The third-order valence-corrected chi connectivity index (χ3v) is 5.23. The van der Waals surface area contributed by atoms with E-state index in [-0.39, 0.29) is 0 Å². The van der Waals surface area contributed by atoms with Crippen LogP contribution in [-0.2, 0) is 13.6 Å². The quantitative estimate of drug-likeness (QED) is 0.713. The summed E-state index contributed by atoms with van der Waals surface area (Å²) in [4.78, 5) is 7.01. The lowest BCUT2D eigenvalue weighted by Crippen LogP contribution is -1.98. The van der Waals surface area contributed by atoms with Crippen LogP contribution in [0.25, 0.3) is 10.6 Å². The molecule has 22 heavy (non-hydrogen) atoms. The molecule has 0 spiro atoms. The Kier molecular flexibility index (Phi) is 4.49. The zero-order chi connectivity index (χ0) is 15.5. The highest BCUT2D eigenvalue weighted by Crippen LogP contribution is 2.31. The van der Waals surface area contributed by atoms with Gasteiger partial charge in [-0.25, -0.2) is 4.98 Å². The lowest BCUT2D eigenvalue weighted by atomic mass is 10.2. The van der Waals surface area contributed by atoms with Crippen molar-refractivity contribution in [2.75, 3.05) is 11.6 Å². The summed E-state index contributed by atoms with van der Waals surface area (Å²) in [5.74, 6) is 0. The summed E-state index contributed by atoms with van der Waals surface area (Å²) < 4.78 is 1.81. The molecule has 0 unspecified atom stereocenters. The highest BCUT2D eigenvalue weighted by molar-refractivity contribution is 7.98. The predicted octanol–water partition coefficient (Wildman–Crippen LogP) is 4.19. The lowest BCUT2D eigenvalue weighted by molar-refractivity contribution is 0.771. The molecule has 2 heterocycles. The molecule has 0 atom stereocenters. The average molecular weight is 330 g/mol. The molecule has 0 amide bonds. The van der Waals surface area contributed by atoms with Crippen LogP contribution in [-0.4, -0.2) is 21.0 Å². The maximum atomic E-state index is 4.60. The van der Waals surface area contributed by atoms with Crippen LogP contribution in [0.2, 0.25) is 0 Å². The van der Waals surface area contributed by atoms with Crippen molar-refractivity contribution in [1.29, 1.82) is 0 Å². The van der Waals surface area contributed by atoms with E-state index in [0.717, 1.165) is 27.9 Å². The minimum Gasteiger partial charge on any atom is -0.357 e. The zero-order valence-electron chi connectivity index (χ0n) is 12.8. The fraction of sp³-hybridized carbons (Fsp3) is 0.250. The van der Waals surface area contributed by atoms with E-state index < -0.39 is 0 Å². The van der Waals surface area contributed by atoms with Gasteiger partial charge in [-0.1, -0.05) is 23.5 Å². The van der Waals surface area contributed by atoms with Crippen molar-refractivity contribution in [1.82, 2.24) is 14.8 Å². The molecule has 1 aromatic carbocycles. The molecule has 2 aromatic heterocycles. The largest absolute Gasteiger partial charge is 0.357 e. The molecule has 0 bridgehead atoms. The van der Waals surface area contributed by atoms with Gasteiger partial charge in [0.1, 0.15) is 5.69 Å². The average Bonchev–Trinajstić information content (AvgIpc) is 3.11. The smallest absolute Gasteiger partial charge is 0.183 e. The molecule has 0 radical (unpaired) electrons. The Morgan fingerprint density at radius 1 is 1.23 bits per heavy atom. The summed E-state index contributed by atoms with van der Waals surface area (Å²) in [7, 11) is 1.93. The fourth-order valence-corrected chi connectivity index (χ4v) is 3.50. The minimum atomic E-state index is 0.781. The van der Waals surface area contributed by atoms with E-state index in [2.05, 4.69) is 45.9 Å². The van der Waals surface area contributed by atoms with Crippen LogP contribution in [0.3, 0.4) is 0 Å². The normalized spacial score (nSPS) is 10.9. The summed E-state index contributed by atoms with van der Waals surface area (Å²) in [6.45, 7) is 2.81. The van der Waals surface area contributed by atoms with E-state index in [4.69, 9.17) is 0 Å². The number of anilines is 1. The summed E-state index contributed by atoms with van der Waals surface area (Å²) in [5.41, 5.74) is 3.25. The molecule has 114 valence electrons. The molecule has 0 aliphatic rings. The van der Waals surface area contributed by atoms with Crippen LogP contribution in [0.5, 0.6) is 0 Å². The zero-order valence-corrected chi connectivity index (χ0v) is 14.5. The second kappa shape index (κ2) is 6.54. The Labute approximate surface area is 138 Å². The Morgan fingerprint density at radius 3 is 2.64 bits per heavy atom. The van der Waals surface area contributed by atoms with Crippen molar-refractivity contribution >= 4 is 28.2 Å². The Hall–Kier alpha value is -1.79. The molecule has 0 fully saturated rings.